The van der Waals surface area contributed by atoms with E-state index in [0.717, 1.165) is 17.8 Å². The van der Waals surface area contributed by atoms with Crippen molar-refractivity contribution in [2.45, 2.75) is 6.42 Å². The Morgan fingerprint density at radius 2 is 1.88 bits per heavy atom. The van der Waals surface area contributed by atoms with E-state index in [-0.39, 0.29) is 47.6 Å². The topological polar surface area (TPSA) is 137 Å². The SMILES string of the molecule is C=CCN1C(=O)/C(=C/c2ccc(OCCC(=O)O)cc2)SC1=Nc1ccc(O)cc1C(=O)O. The van der Waals surface area contributed by atoms with E-state index in [2.05, 4.69) is 11.6 Å². The average Bonchev–Trinajstić information content (AvgIpc) is 3.05. The summed E-state index contributed by atoms with van der Waals surface area (Å²) >= 11 is 1.09. The van der Waals surface area contributed by atoms with Gasteiger partial charge in [-0.3, -0.25) is 14.5 Å². The lowest BCUT2D eigenvalue weighted by molar-refractivity contribution is -0.137. The van der Waals surface area contributed by atoms with E-state index in [0.29, 0.717) is 16.2 Å². The lowest BCUT2D eigenvalue weighted by Gasteiger charge is -2.13. The maximum Gasteiger partial charge on any atom is 0.338 e. The van der Waals surface area contributed by atoms with Gasteiger partial charge >= 0.3 is 11.9 Å². The number of nitrogens with zero attached hydrogens (tertiary/aromatic N) is 2. The fourth-order valence-electron chi connectivity index (χ4n) is 2.85. The number of rotatable bonds is 9. The van der Waals surface area contributed by atoms with Gasteiger partial charge in [-0.05, 0) is 53.7 Å². The van der Waals surface area contributed by atoms with Gasteiger partial charge in [0.1, 0.15) is 11.5 Å². The Balaban J connectivity index is 1.86. The Labute approximate surface area is 193 Å². The fourth-order valence-corrected chi connectivity index (χ4v) is 3.85. The van der Waals surface area contributed by atoms with Crippen LogP contribution in [-0.2, 0) is 9.59 Å². The van der Waals surface area contributed by atoms with Gasteiger partial charge in [-0.2, -0.15) is 0 Å². The molecule has 2 aromatic carbocycles. The Morgan fingerprint density at radius 1 is 1.15 bits per heavy atom. The molecular formula is C23H20N2O7S. The number of aliphatic carboxylic acids is 1. The number of hydrogen-bond acceptors (Lipinski definition) is 7. The third-order valence-electron chi connectivity index (χ3n) is 4.39. The highest BCUT2D eigenvalue weighted by molar-refractivity contribution is 8.18. The zero-order valence-corrected chi connectivity index (χ0v) is 18.1. The van der Waals surface area contributed by atoms with E-state index in [4.69, 9.17) is 9.84 Å². The minimum Gasteiger partial charge on any atom is -0.508 e. The van der Waals surface area contributed by atoms with E-state index in [9.17, 15) is 24.6 Å². The highest BCUT2D eigenvalue weighted by Crippen LogP contribution is 2.35. The maximum atomic E-state index is 12.9. The number of aromatic hydroxyl groups is 1. The van der Waals surface area contributed by atoms with Crippen LogP contribution in [0.1, 0.15) is 22.3 Å². The number of phenolic OH excluding ortho intramolecular Hbond substituents is 1. The highest BCUT2D eigenvalue weighted by atomic mass is 32.2. The van der Waals surface area contributed by atoms with Gasteiger partial charge in [-0.15, -0.1) is 6.58 Å². The monoisotopic (exact) mass is 468 g/mol. The van der Waals surface area contributed by atoms with Crippen LogP contribution in [0.25, 0.3) is 6.08 Å². The van der Waals surface area contributed by atoms with Crippen molar-refractivity contribution in [3.63, 3.8) is 0 Å². The Hall–Kier alpha value is -4.05. The first-order valence-electron chi connectivity index (χ1n) is 9.70. The molecule has 0 aliphatic carbocycles. The molecule has 0 spiro atoms. The molecular weight excluding hydrogens is 448 g/mol. The van der Waals surface area contributed by atoms with Crippen LogP contribution in [0.3, 0.4) is 0 Å². The number of hydrogen-bond donors (Lipinski definition) is 3. The van der Waals surface area contributed by atoms with Crippen LogP contribution in [0.5, 0.6) is 11.5 Å². The molecule has 0 unspecified atom stereocenters. The van der Waals surface area contributed by atoms with Crippen LogP contribution in [-0.4, -0.2) is 56.4 Å². The van der Waals surface area contributed by atoms with Crippen LogP contribution in [0, 0.1) is 0 Å². The molecule has 0 atom stereocenters. The normalized spacial score (nSPS) is 15.8. The summed E-state index contributed by atoms with van der Waals surface area (Å²) in [6, 6.07) is 10.6. The first-order valence-corrected chi connectivity index (χ1v) is 10.5. The summed E-state index contributed by atoms with van der Waals surface area (Å²) in [5.41, 5.74) is 0.630. The first-order chi connectivity index (χ1) is 15.8. The van der Waals surface area contributed by atoms with Crippen molar-refractivity contribution in [1.82, 2.24) is 4.90 Å². The van der Waals surface area contributed by atoms with E-state index < -0.39 is 11.9 Å². The Morgan fingerprint density at radius 3 is 2.52 bits per heavy atom. The molecule has 0 radical (unpaired) electrons. The molecule has 170 valence electrons. The number of thioether (sulfide) groups is 1. The number of amidine groups is 1. The zero-order chi connectivity index (χ0) is 24.0. The van der Waals surface area contributed by atoms with Crippen molar-refractivity contribution in [3.05, 3.63) is 71.2 Å². The number of aliphatic imine (C=N–C) groups is 1. The molecule has 1 fully saturated rings. The first kappa shape index (κ1) is 23.6. The van der Waals surface area contributed by atoms with Gasteiger partial charge in [0.05, 0.1) is 29.2 Å². The van der Waals surface area contributed by atoms with Gasteiger partial charge in [0, 0.05) is 6.54 Å². The van der Waals surface area contributed by atoms with Gasteiger partial charge in [-0.1, -0.05) is 18.2 Å². The predicted octanol–water partition coefficient (Wildman–Crippen LogP) is 3.73. The number of carboxylic acids is 2. The van der Waals surface area contributed by atoms with Gasteiger partial charge in [0.2, 0.25) is 0 Å². The van der Waals surface area contributed by atoms with Crippen molar-refractivity contribution in [1.29, 1.82) is 0 Å². The second-order valence-corrected chi connectivity index (χ2v) is 7.79. The molecule has 2 aromatic rings. The molecule has 0 saturated carbocycles. The third kappa shape index (κ3) is 6.01. The van der Waals surface area contributed by atoms with Gasteiger partial charge in [0.25, 0.3) is 5.91 Å². The molecule has 0 bridgehead atoms. The predicted molar refractivity (Wildman–Crippen MR) is 124 cm³/mol. The summed E-state index contributed by atoms with van der Waals surface area (Å²) in [6.07, 6.45) is 3.10. The number of phenols is 1. The smallest absolute Gasteiger partial charge is 0.338 e. The van der Waals surface area contributed by atoms with Crippen LogP contribution < -0.4 is 4.74 Å². The van der Waals surface area contributed by atoms with Crippen molar-refractivity contribution < 1.29 is 34.4 Å². The second-order valence-electron chi connectivity index (χ2n) is 6.78. The molecule has 10 heteroatoms. The second kappa shape index (κ2) is 10.5. The molecule has 33 heavy (non-hydrogen) atoms. The van der Waals surface area contributed by atoms with Crippen LogP contribution >= 0.6 is 11.8 Å². The summed E-state index contributed by atoms with van der Waals surface area (Å²) in [4.78, 5) is 41.1. The summed E-state index contributed by atoms with van der Waals surface area (Å²) in [5, 5.41) is 27.9. The third-order valence-corrected chi connectivity index (χ3v) is 5.40. The lowest BCUT2D eigenvalue weighted by Crippen LogP contribution is -2.29. The lowest BCUT2D eigenvalue weighted by atomic mass is 10.2. The van der Waals surface area contributed by atoms with Crippen LogP contribution in [0.15, 0.2) is 65.0 Å². The summed E-state index contributed by atoms with van der Waals surface area (Å²) in [6.45, 7) is 3.89. The van der Waals surface area contributed by atoms with Gasteiger partial charge < -0.3 is 20.1 Å². The van der Waals surface area contributed by atoms with E-state index >= 15 is 0 Å². The number of amides is 1. The summed E-state index contributed by atoms with van der Waals surface area (Å²) in [7, 11) is 0. The molecule has 1 saturated heterocycles. The Kier molecular flexibility index (Phi) is 7.52. The van der Waals surface area contributed by atoms with Crippen LogP contribution in [0.4, 0.5) is 5.69 Å². The molecule has 3 N–H and O–H groups in total. The standard InChI is InChI=1S/C23H20N2O7S/c1-2-10-25-21(29)19(12-14-3-6-16(7-4-14)32-11-9-20(27)28)33-23(25)24-18-8-5-15(26)13-17(18)22(30)31/h2-8,12-13,26H,1,9-11H2,(H,27,28)(H,30,31)/b19-12-,24-23?. The molecule has 3 rings (SSSR count). The van der Waals surface area contributed by atoms with Crippen molar-refractivity contribution >= 4 is 46.5 Å². The molecule has 1 aliphatic heterocycles. The number of carbonyl (C=O) groups is 3. The molecule has 0 aromatic heterocycles. The van der Waals surface area contributed by atoms with Gasteiger partial charge in [0.15, 0.2) is 5.17 Å². The van der Waals surface area contributed by atoms with E-state index in [1.807, 2.05) is 0 Å². The van der Waals surface area contributed by atoms with Gasteiger partial charge in [-0.25, -0.2) is 9.79 Å². The van der Waals surface area contributed by atoms with Crippen molar-refractivity contribution in [2.24, 2.45) is 4.99 Å². The number of carboxylic acid groups (broad SMARTS) is 2. The van der Waals surface area contributed by atoms with E-state index in [1.165, 1.54) is 23.1 Å². The van der Waals surface area contributed by atoms with Crippen molar-refractivity contribution in [2.75, 3.05) is 13.2 Å². The number of carbonyl (C=O) groups excluding carboxylic acids is 1. The summed E-state index contributed by atoms with van der Waals surface area (Å²) in [5.74, 6) is -2.21. The number of ether oxygens (including phenoxy) is 1. The minimum atomic E-state index is -1.25. The summed E-state index contributed by atoms with van der Waals surface area (Å²) < 4.78 is 5.36. The number of benzene rings is 2. The highest BCUT2D eigenvalue weighted by Gasteiger charge is 2.33. The largest absolute Gasteiger partial charge is 0.508 e. The Bertz CT molecular complexity index is 1160. The molecule has 1 aliphatic rings. The maximum absolute atomic E-state index is 12.9. The molecule has 1 heterocycles. The van der Waals surface area contributed by atoms with Crippen LogP contribution in [0.2, 0.25) is 0 Å². The van der Waals surface area contributed by atoms with E-state index in [1.54, 1.807) is 30.3 Å². The van der Waals surface area contributed by atoms with Crippen molar-refractivity contribution in [3.8, 4) is 11.5 Å². The zero-order valence-electron chi connectivity index (χ0n) is 17.3. The molecule has 9 nitrogen and oxygen atoms in total. The average molecular weight is 468 g/mol. The fraction of sp³-hybridized carbons (Fsp3) is 0.130. The number of aromatic carboxylic acids is 1. The molecule has 1 amide bonds. The quantitative estimate of drug-likeness (QED) is 0.374. The minimum absolute atomic E-state index is 0.0516.